The van der Waals surface area contributed by atoms with Crippen molar-refractivity contribution in [1.82, 2.24) is 0 Å². The fraction of sp³-hybridized carbons (Fsp3) is 0.300. The molecular weight excluding hydrogens is 389 g/mol. The van der Waals surface area contributed by atoms with Gasteiger partial charge in [0.25, 0.3) is 5.91 Å². The Morgan fingerprint density at radius 1 is 1.14 bits per heavy atom. The summed E-state index contributed by atoms with van der Waals surface area (Å²) < 4.78 is 48.4. The Hall–Kier alpha value is -3.23. The molecule has 1 N–H and O–H groups in total. The molecule has 29 heavy (non-hydrogen) atoms. The highest BCUT2D eigenvalue weighted by atomic mass is 19.4. The van der Waals surface area contributed by atoms with Crippen molar-refractivity contribution >= 4 is 17.8 Å². The van der Waals surface area contributed by atoms with Gasteiger partial charge in [0.1, 0.15) is 0 Å². The van der Waals surface area contributed by atoms with Crippen LogP contribution in [0.15, 0.2) is 47.6 Å². The highest BCUT2D eigenvalue weighted by molar-refractivity contribution is 5.91. The molecule has 0 spiro atoms. The number of ether oxygens (including phenoxy) is 2. The Labute approximate surface area is 166 Å². The average Bonchev–Trinajstić information content (AvgIpc) is 2.65. The van der Waals surface area contributed by atoms with E-state index in [1.54, 1.807) is 18.2 Å². The van der Waals surface area contributed by atoms with Crippen molar-refractivity contribution in [1.29, 1.82) is 0 Å². The van der Waals surface area contributed by atoms with Gasteiger partial charge in [0.15, 0.2) is 18.1 Å². The van der Waals surface area contributed by atoms with Crippen LogP contribution >= 0.6 is 0 Å². The number of anilines is 1. The van der Waals surface area contributed by atoms with Crippen molar-refractivity contribution in [3.05, 3.63) is 53.6 Å². The standard InChI is InChI=1S/C20H21F3N2O4/c1-13(2)29-17-9-4-14(10-18(17)27-3)11-24-28-12-19(26)25-16-7-5-15(6-8-16)20(21,22)23/h4-11,13H,12H2,1-3H3,(H,25,26)/b24-11-. The zero-order valence-corrected chi connectivity index (χ0v) is 16.1. The first-order valence-corrected chi connectivity index (χ1v) is 8.66. The SMILES string of the molecule is COc1cc(/C=N\OCC(=O)Nc2ccc(C(F)(F)F)cc2)ccc1OC(C)C. The van der Waals surface area contributed by atoms with E-state index in [4.69, 9.17) is 14.3 Å². The maximum Gasteiger partial charge on any atom is 0.416 e. The quantitative estimate of drug-likeness (QED) is 0.514. The largest absolute Gasteiger partial charge is 0.493 e. The molecule has 2 aromatic carbocycles. The van der Waals surface area contributed by atoms with Crippen LogP contribution in [0, 0.1) is 0 Å². The van der Waals surface area contributed by atoms with Gasteiger partial charge in [0, 0.05) is 11.3 Å². The Bertz CT molecular complexity index is 850. The Morgan fingerprint density at radius 2 is 1.83 bits per heavy atom. The summed E-state index contributed by atoms with van der Waals surface area (Å²) in [4.78, 5) is 16.7. The second-order valence-corrected chi connectivity index (χ2v) is 6.21. The summed E-state index contributed by atoms with van der Waals surface area (Å²) in [5.41, 5.74) is 0.0961. The number of nitrogens with zero attached hydrogens (tertiary/aromatic N) is 1. The number of hydrogen-bond donors (Lipinski definition) is 1. The zero-order valence-electron chi connectivity index (χ0n) is 16.1. The van der Waals surface area contributed by atoms with Crippen molar-refractivity contribution in [2.75, 3.05) is 19.0 Å². The monoisotopic (exact) mass is 410 g/mol. The lowest BCUT2D eigenvalue weighted by molar-refractivity contribution is -0.137. The minimum absolute atomic E-state index is 0.00470. The predicted molar refractivity (Wildman–Crippen MR) is 102 cm³/mol. The number of alkyl halides is 3. The molecule has 1 amide bonds. The summed E-state index contributed by atoms with van der Waals surface area (Å²) in [6.07, 6.45) is -3.04. The number of halogens is 3. The number of nitrogens with one attached hydrogen (secondary N) is 1. The first-order valence-electron chi connectivity index (χ1n) is 8.66. The van der Waals surface area contributed by atoms with Gasteiger partial charge in [0.2, 0.25) is 0 Å². The number of carbonyl (C=O) groups excluding carboxylic acids is 1. The number of rotatable bonds is 8. The van der Waals surface area contributed by atoms with Crippen molar-refractivity contribution in [2.24, 2.45) is 5.16 Å². The van der Waals surface area contributed by atoms with Crippen LogP contribution in [0.25, 0.3) is 0 Å². The molecular formula is C20H21F3N2O4. The van der Waals surface area contributed by atoms with Gasteiger partial charge in [-0.05, 0) is 56.3 Å². The number of hydrogen-bond acceptors (Lipinski definition) is 5. The zero-order chi connectivity index (χ0) is 21.4. The topological polar surface area (TPSA) is 69.2 Å². The normalized spacial score (nSPS) is 11.6. The van der Waals surface area contributed by atoms with Crippen LogP contribution < -0.4 is 14.8 Å². The highest BCUT2D eigenvalue weighted by Crippen LogP contribution is 2.30. The molecule has 0 aliphatic heterocycles. The number of oxime groups is 1. The van der Waals surface area contributed by atoms with Crippen molar-refractivity contribution in [3.63, 3.8) is 0 Å². The lowest BCUT2D eigenvalue weighted by Crippen LogP contribution is -2.17. The smallest absolute Gasteiger partial charge is 0.416 e. The molecule has 0 saturated heterocycles. The molecule has 156 valence electrons. The molecule has 2 rings (SSSR count). The van der Waals surface area contributed by atoms with Gasteiger partial charge in [0.05, 0.1) is 25.0 Å². The second kappa shape index (κ2) is 9.81. The Kier molecular flexibility index (Phi) is 7.46. The fourth-order valence-corrected chi connectivity index (χ4v) is 2.25. The molecule has 0 saturated carbocycles. The van der Waals surface area contributed by atoms with Crippen molar-refractivity contribution in [3.8, 4) is 11.5 Å². The first kappa shape index (κ1) is 22.1. The van der Waals surface area contributed by atoms with Gasteiger partial charge in [-0.3, -0.25) is 4.79 Å². The van der Waals surface area contributed by atoms with E-state index in [9.17, 15) is 18.0 Å². The van der Waals surface area contributed by atoms with Gasteiger partial charge in [-0.15, -0.1) is 0 Å². The highest BCUT2D eigenvalue weighted by Gasteiger charge is 2.29. The number of benzene rings is 2. The number of amides is 1. The maximum atomic E-state index is 12.5. The van der Waals surface area contributed by atoms with Gasteiger partial charge < -0.3 is 19.6 Å². The van der Waals surface area contributed by atoms with Crippen LogP contribution in [0.5, 0.6) is 11.5 Å². The third-order valence-electron chi connectivity index (χ3n) is 3.52. The molecule has 0 fully saturated rings. The Balaban J connectivity index is 1.86. The second-order valence-electron chi connectivity index (χ2n) is 6.21. The van der Waals surface area contributed by atoms with E-state index in [0.717, 1.165) is 24.3 Å². The summed E-state index contributed by atoms with van der Waals surface area (Å²) in [5, 5.41) is 6.13. The molecule has 6 nitrogen and oxygen atoms in total. The van der Waals surface area contributed by atoms with Crippen molar-refractivity contribution < 1.29 is 32.3 Å². The van der Waals surface area contributed by atoms with E-state index in [-0.39, 0.29) is 11.8 Å². The van der Waals surface area contributed by atoms with Gasteiger partial charge in [-0.1, -0.05) is 5.16 Å². The number of carbonyl (C=O) groups is 1. The fourth-order valence-electron chi connectivity index (χ4n) is 2.25. The summed E-state index contributed by atoms with van der Waals surface area (Å²) in [7, 11) is 1.52. The molecule has 0 aromatic heterocycles. The molecule has 0 heterocycles. The van der Waals surface area contributed by atoms with E-state index in [1.807, 2.05) is 13.8 Å². The molecule has 0 bridgehead atoms. The lowest BCUT2D eigenvalue weighted by atomic mass is 10.2. The Morgan fingerprint density at radius 3 is 2.41 bits per heavy atom. The van der Waals surface area contributed by atoms with Gasteiger partial charge in [-0.25, -0.2) is 0 Å². The lowest BCUT2D eigenvalue weighted by Gasteiger charge is -2.13. The molecule has 0 atom stereocenters. The minimum Gasteiger partial charge on any atom is -0.493 e. The molecule has 0 unspecified atom stereocenters. The summed E-state index contributed by atoms with van der Waals surface area (Å²) in [6, 6.07) is 9.27. The summed E-state index contributed by atoms with van der Waals surface area (Å²) in [5.74, 6) is 0.569. The average molecular weight is 410 g/mol. The van der Waals surface area contributed by atoms with Crippen LogP contribution in [0.1, 0.15) is 25.0 Å². The molecule has 2 aromatic rings. The molecule has 0 aliphatic carbocycles. The van der Waals surface area contributed by atoms with E-state index in [0.29, 0.717) is 17.1 Å². The van der Waals surface area contributed by atoms with Crippen LogP contribution in [-0.2, 0) is 15.8 Å². The third kappa shape index (κ3) is 7.02. The summed E-state index contributed by atoms with van der Waals surface area (Å²) in [6.45, 7) is 3.40. The number of methoxy groups -OCH3 is 1. The van der Waals surface area contributed by atoms with Crippen LogP contribution in [0.2, 0.25) is 0 Å². The third-order valence-corrected chi connectivity index (χ3v) is 3.52. The van der Waals surface area contributed by atoms with Gasteiger partial charge in [-0.2, -0.15) is 13.2 Å². The van der Waals surface area contributed by atoms with E-state index in [1.165, 1.54) is 13.3 Å². The first-order chi connectivity index (χ1) is 13.7. The van der Waals surface area contributed by atoms with E-state index >= 15 is 0 Å². The molecule has 0 aliphatic rings. The minimum atomic E-state index is -4.43. The molecule has 0 radical (unpaired) electrons. The molecule has 9 heteroatoms. The van der Waals surface area contributed by atoms with Gasteiger partial charge >= 0.3 is 6.18 Å². The van der Waals surface area contributed by atoms with E-state index < -0.39 is 24.3 Å². The van der Waals surface area contributed by atoms with Crippen LogP contribution in [-0.4, -0.2) is 31.9 Å². The van der Waals surface area contributed by atoms with E-state index in [2.05, 4.69) is 10.5 Å². The van der Waals surface area contributed by atoms with Crippen LogP contribution in [0.3, 0.4) is 0 Å². The van der Waals surface area contributed by atoms with Crippen LogP contribution in [0.4, 0.5) is 18.9 Å². The predicted octanol–water partition coefficient (Wildman–Crippen LogP) is 4.49. The van der Waals surface area contributed by atoms with Crippen molar-refractivity contribution in [2.45, 2.75) is 26.1 Å². The summed E-state index contributed by atoms with van der Waals surface area (Å²) >= 11 is 0. The maximum absolute atomic E-state index is 12.5.